The molecule has 0 saturated carbocycles. The molecule has 2 rings (SSSR count). The van der Waals surface area contributed by atoms with Gasteiger partial charge in [-0.15, -0.1) is 11.3 Å². The standard InChI is InChI=1S/C15H20N2OS/c1-10-5-6-11(16)7-12(10)18-8-14-17-13(9-19-14)15(2,3)4/h5-7,9H,8,16H2,1-4H3. The molecule has 0 fully saturated rings. The number of rotatable bonds is 3. The summed E-state index contributed by atoms with van der Waals surface area (Å²) in [6.07, 6.45) is 0. The van der Waals surface area contributed by atoms with E-state index in [-0.39, 0.29) is 5.41 Å². The van der Waals surface area contributed by atoms with Crippen LogP contribution in [0.25, 0.3) is 0 Å². The first-order valence-corrected chi connectivity index (χ1v) is 7.18. The fourth-order valence-electron chi connectivity index (χ4n) is 1.63. The van der Waals surface area contributed by atoms with Crippen LogP contribution in [0.4, 0.5) is 5.69 Å². The molecule has 0 radical (unpaired) electrons. The Morgan fingerprint density at radius 2 is 2.05 bits per heavy atom. The number of hydrogen-bond donors (Lipinski definition) is 1. The lowest BCUT2D eigenvalue weighted by molar-refractivity contribution is 0.303. The van der Waals surface area contributed by atoms with E-state index in [0.717, 1.165) is 27.7 Å². The van der Waals surface area contributed by atoms with Crippen molar-refractivity contribution in [3.8, 4) is 5.75 Å². The summed E-state index contributed by atoms with van der Waals surface area (Å²) in [5.74, 6) is 0.826. The Kier molecular flexibility index (Phi) is 3.80. The highest BCUT2D eigenvalue weighted by Gasteiger charge is 2.17. The van der Waals surface area contributed by atoms with E-state index >= 15 is 0 Å². The summed E-state index contributed by atoms with van der Waals surface area (Å²) in [4.78, 5) is 4.61. The van der Waals surface area contributed by atoms with Gasteiger partial charge in [-0.25, -0.2) is 4.98 Å². The molecular weight excluding hydrogens is 256 g/mol. The molecule has 0 amide bonds. The zero-order valence-corrected chi connectivity index (χ0v) is 12.7. The lowest BCUT2D eigenvalue weighted by atomic mass is 9.93. The summed E-state index contributed by atoms with van der Waals surface area (Å²) in [5, 5.41) is 3.09. The fourth-order valence-corrected chi connectivity index (χ4v) is 2.57. The van der Waals surface area contributed by atoms with Gasteiger partial charge in [0.1, 0.15) is 17.4 Å². The molecule has 0 aliphatic carbocycles. The molecule has 2 N–H and O–H groups in total. The molecular formula is C15H20N2OS. The van der Waals surface area contributed by atoms with E-state index in [0.29, 0.717) is 6.61 Å². The van der Waals surface area contributed by atoms with Crippen LogP contribution in [0.3, 0.4) is 0 Å². The van der Waals surface area contributed by atoms with Gasteiger partial charge < -0.3 is 10.5 Å². The summed E-state index contributed by atoms with van der Waals surface area (Å²) in [7, 11) is 0. The average Bonchev–Trinajstić information content (AvgIpc) is 2.79. The molecule has 1 aromatic carbocycles. The van der Waals surface area contributed by atoms with Crippen molar-refractivity contribution in [2.24, 2.45) is 0 Å². The van der Waals surface area contributed by atoms with Crippen LogP contribution in [-0.4, -0.2) is 4.98 Å². The molecule has 19 heavy (non-hydrogen) atoms. The molecule has 0 atom stereocenters. The Labute approximate surface area is 118 Å². The maximum atomic E-state index is 5.80. The third-order valence-corrected chi connectivity index (χ3v) is 3.71. The average molecular weight is 276 g/mol. The van der Waals surface area contributed by atoms with Gasteiger partial charge in [-0.3, -0.25) is 0 Å². The molecule has 2 aromatic rings. The fraction of sp³-hybridized carbons (Fsp3) is 0.400. The minimum Gasteiger partial charge on any atom is -0.486 e. The van der Waals surface area contributed by atoms with Crippen LogP contribution in [-0.2, 0) is 12.0 Å². The lowest BCUT2D eigenvalue weighted by Gasteiger charge is -2.14. The normalized spacial score (nSPS) is 11.6. The van der Waals surface area contributed by atoms with Crippen LogP contribution < -0.4 is 10.5 Å². The number of anilines is 1. The Balaban J connectivity index is 2.06. The van der Waals surface area contributed by atoms with Gasteiger partial charge in [-0.05, 0) is 18.6 Å². The predicted molar refractivity (Wildman–Crippen MR) is 80.7 cm³/mol. The van der Waals surface area contributed by atoms with Crippen molar-refractivity contribution >= 4 is 17.0 Å². The molecule has 3 nitrogen and oxygen atoms in total. The van der Waals surface area contributed by atoms with Crippen molar-refractivity contribution in [2.45, 2.75) is 39.7 Å². The zero-order valence-electron chi connectivity index (χ0n) is 11.9. The number of benzene rings is 1. The second kappa shape index (κ2) is 5.21. The molecule has 102 valence electrons. The van der Waals surface area contributed by atoms with Gasteiger partial charge in [-0.2, -0.15) is 0 Å². The van der Waals surface area contributed by atoms with Crippen molar-refractivity contribution in [1.29, 1.82) is 0 Å². The van der Waals surface area contributed by atoms with Crippen molar-refractivity contribution in [1.82, 2.24) is 4.98 Å². The number of ether oxygens (including phenoxy) is 1. The highest BCUT2D eigenvalue weighted by atomic mass is 32.1. The van der Waals surface area contributed by atoms with E-state index in [1.165, 1.54) is 0 Å². The van der Waals surface area contributed by atoms with Crippen molar-refractivity contribution < 1.29 is 4.74 Å². The quantitative estimate of drug-likeness (QED) is 0.865. The van der Waals surface area contributed by atoms with E-state index in [1.54, 1.807) is 11.3 Å². The third kappa shape index (κ3) is 3.47. The van der Waals surface area contributed by atoms with Gasteiger partial charge in [0.15, 0.2) is 0 Å². The van der Waals surface area contributed by atoms with Gasteiger partial charge in [0.05, 0.1) is 5.69 Å². The van der Waals surface area contributed by atoms with Crippen LogP contribution in [0.2, 0.25) is 0 Å². The van der Waals surface area contributed by atoms with E-state index < -0.39 is 0 Å². The van der Waals surface area contributed by atoms with Crippen molar-refractivity contribution in [3.63, 3.8) is 0 Å². The number of nitrogen functional groups attached to an aromatic ring is 1. The molecule has 1 aromatic heterocycles. The number of aromatic nitrogens is 1. The molecule has 0 aliphatic heterocycles. The summed E-state index contributed by atoms with van der Waals surface area (Å²) in [6.45, 7) is 8.99. The number of thiazole rings is 1. The zero-order chi connectivity index (χ0) is 14.0. The number of aryl methyl sites for hydroxylation is 1. The maximum absolute atomic E-state index is 5.80. The number of hydrogen-bond acceptors (Lipinski definition) is 4. The largest absolute Gasteiger partial charge is 0.486 e. The van der Waals surface area contributed by atoms with Crippen LogP contribution in [0.5, 0.6) is 5.75 Å². The Hall–Kier alpha value is -1.55. The first-order chi connectivity index (χ1) is 8.86. The van der Waals surface area contributed by atoms with Gasteiger partial charge >= 0.3 is 0 Å². The topological polar surface area (TPSA) is 48.1 Å². The first kappa shape index (κ1) is 13.9. The van der Waals surface area contributed by atoms with Crippen LogP contribution in [0.1, 0.15) is 37.0 Å². The lowest BCUT2D eigenvalue weighted by Crippen LogP contribution is -2.11. The number of nitrogens with zero attached hydrogens (tertiary/aromatic N) is 1. The molecule has 1 heterocycles. The Morgan fingerprint density at radius 3 is 2.68 bits per heavy atom. The molecule has 0 saturated heterocycles. The van der Waals surface area contributed by atoms with Crippen LogP contribution in [0.15, 0.2) is 23.6 Å². The van der Waals surface area contributed by atoms with E-state index in [1.807, 2.05) is 25.1 Å². The van der Waals surface area contributed by atoms with Crippen molar-refractivity contribution in [2.75, 3.05) is 5.73 Å². The van der Waals surface area contributed by atoms with Crippen LogP contribution in [0, 0.1) is 6.92 Å². The SMILES string of the molecule is Cc1ccc(N)cc1OCc1nc(C(C)(C)C)cs1. The smallest absolute Gasteiger partial charge is 0.140 e. The van der Waals surface area contributed by atoms with E-state index in [2.05, 4.69) is 31.1 Å². The van der Waals surface area contributed by atoms with Gasteiger partial charge in [0.25, 0.3) is 0 Å². The maximum Gasteiger partial charge on any atom is 0.140 e. The molecule has 0 bridgehead atoms. The summed E-state index contributed by atoms with van der Waals surface area (Å²) >= 11 is 1.64. The van der Waals surface area contributed by atoms with Gasteiger partial charge in [0.2, 0.25) is 0 Å². The highest BCUT2D eigenvalue weighted by molar-refractivity contribution is 7.09. The second-order valence-electron chi connectivity index (χ2n) is 5.69. The Bertz CT molecular complexity index is 570. The minimum atomic E-state index is 0.0852. The first-order valence-electron chi connectivity index (χ1n) is 6.30. The molecule has 0 unspecified atom stereocenters. The molecule has 0 spiro atoms. The third-order valence-electron chi connectivity index (χ3n) is 2.88. The van der Waals surface area contributed by atoms with Crippen LogP contribution >= 0.6 is 11.3 Å². The van der Waals surface area contributed by atoms with E-state index in [4.69, 9.17) is 10.5 Å². The Morgan fingerprint density at radius 1 is 1.32 bits per heavy atom. The number of nitrogens with two attached hydrogens (primary N) is 1. The van der Waals surface area contributed by atoms with Crippen molar-refractivity contribution in [3.05, 3.63) is 39.8 Å². The minimum absolute atomic E-state index is 0.0852. The van der Waals surface area contributed by atoms with Gasteiger partial charge in [-0.1, -0.05) is 26.8 Å². The monoisotopic (exact) mass is 276 g/mol. The molecule has 4 heteroatoms. The van der Waals surface area contributed by atoms with Gasteiger partial charge in [0, 0.05) is 22.5 Å². The summed E-state index contributed by atoms with van der Waals surface area (Å²) in [5.41, 5.74) is 8.76. The predicted octanol–water partition coefficient (Wildman–Crippen LogP) is 3.91. The summed E-state index contributed by atoms with van der Waals surface area (Å²) < 4.78 is 5.80. The highest BCUT2D eigenvalue weighted by Crippen LogP contribution is 2.26. The summed E-state index contributed by atoms with van der Waals surface area (Å²) in [6, 6.07) is 5.70. The van der Waals surface area contributed by atoms with E-state index in [9.17, 15) is 0 Å². The second-order valence-corrected chi connectivity index (χ2v) is 6.63. The molecule has 0 aliphatic rings.